The molecule has 1 rings (SSSR count). The second-order valence-corrected chi connectivity index (χ2v) is 6.51. The Kier molecular flexibility index (Phi) is 6.07. The van der Waals surface area contributed by atoms with E-state index in [1.807, 2.05) is 0 Å². The van der Waals surface area contributed by atoms with Crippen molar-refractivity contribution in [1.29, 1.82) is 0 Å². The molecule has 0 saturated heterocycles. The fraction of sp³-hybridized carbons (Fsp3) is 0.429. The molecule has 0 fully saturated rings. The fourth-order valence-corrected chi connectivity index (χ4v) is 3.29. The molecular formula is C14H20N2O5S. The summed E-state index contributed by atoms with van der Waals surface area (Å²) in [6.45, 7) is 5.45. The van der Waals surface area contributed by atoms with Gasteiger partial charge in [0.25, 0.3) is 5.91 Å². The molecule has 0 heterocycles. The zero-order valence-corrected chi connectivity index (χ0v) is 13.6. The number of carbonyl (C=O) groups is 2. The molecule has 0 spiro atoms. The van der Waals surface area contributed by atoms with E-state index in [4.69, 9.17) is 10.5 Å². The van der Waals surface area contributed by atoms with E-state index >= 15 is 0 Å². The Balaban J connectivity index is 3.09. The lowest BCUT2D eigenvalue weighted by Gasteiger charge is -2.18. The van der Waals surface area contributed by atoms with Crippen molar-refractivity contribution >= 4 is 21.9 Å². The summed E-state index contributed by atoms with van der Waals surface area (Å²) in [5.41, 5.74) is 5.06. The SMILES string of the molecule is CCN(CC)S(=O)(=O)c1cccc(C(=O)O[C@H](C)C(N)=O)c1. The van der Waals surface area contributed by atoms with Gasteiger partial charge in [0.2, 0.25) is 10.0 Å². The number of carbonyl (C=O) groups excluding carboxylic acids is 2. The molecule has 0 aliphatic rings. The minimum absolute atomic E-state index is 0.00243. The van der Waals surface area contributed by atoms with Crippen molar-refractivity contribution in [2.45, 2.75) is 31.8 Å². The zero-order chi connectivity index (χ0) is 16.9. The van der Waals surface area contributed by atoms with Crippen LogP contribution in [0.25, 0.3) is 0 Å². The molecule has 7 nitrogen and oxygen atoms in total. The van der Waals surface area contributed by atoms with Gasteiger partial charge in [0.15, 0.2) is 6.10 Å². The first-order valence-electron chi connectivity index (χ1n) is 6.84. The first-order valence-corrected chi connectivity index (χ1v) is 8.28. The van der Waals surface area contributed by atoms with Crippen molar-refractivity contribution in [3.05, 3.63) is 29.8 Å². The maximum Gasteiger partial charge on any atom is 0.338 e. The standard InChI is InChI=1S/C14H20N2O5S/c1-4-16(5-2)22(19,20)12-8-6-7-11(9-12)14(18)21-10(3)13(15)17/h6-10H,4-5H2,1-3H3,(H2,15,17)/t10-/m1/s1. The monoisotopic (exact) mass is 328 g/mol. The van der Waals surface area contributed by atoms with Crippen LogP contribution in [0, 0.1) is 0 Å². The normalized spacial score (nSPS) is 12.9. The van der Waals surface area contributed by atoms with E-state index in [0.717, 1.165) is 0 Å². The molecule has 0 aromatic heterocycles. The molecule has 0 unspecified atom stereocenters. The maximum atomic E-state index is 12.4. The lowest BCUT2D eigenvalue weighted by atomic mass is 10.2. The molecule has 8 heteroatoms. The molecular weight excluding hydrogens is 308 g/mol. The van der Waals surface area contributed by atoms with Gasteiger partial charge in [0.05, 0.1) is 10.5 Å². The highest BCUT2D eigenvalue weighted by molar-refractivity contribution is 7.89. The Hall–Kier alpha value is -1.93. The van der Waals surface area contributed by atoms with Crippen LogP contribution in [-0.4, -0.2) is 43.8 Å². The van der Waals surface area contributed by atoms with Crippen molar-refractivity contribution in [3.8, 4) is 0 Å². The third-order valence-electron chi connectivity index (χ3n) is 3.10. The van der Waals surface area contributed by atoms with Crippen LogP contribution in [0.3, 0.4) is 0 Å². The summed E-state index contributed by atoms with van der Waals surface area (Å²) in [5, 5.41) is 0. The predicted octanol–water partition coefficient (Wildman–Crippen LogP) is 0.748. The van der Waals surface area contributed by atoms with Gasteiger partial charge in [-0.2, -0.15) is 4.31 Å². The summed E-state index contributed by atoms with van der Waals surface area (Å²) in [4.78, 5) is 22.8. The predicted molar refractivity (Wildman–Crippen MR) is 80.6 cm³/mol. The Morgan fingerprint density at radius 2 is 1.86 bits per heavy atom. The van der Waals surface area contributed by atoms with Crippen LogP contribution in [0.2, 0.25) is 0 Å². The van der Waals surface area contributed by atoms with Gasteiger partial charge in [0.1, 0.15) is 0 Å². The van der Waals surface area contributed by atoms with Crippen LogP contribution in [0.5, 0.6) is 0 Å². The number of primary amides is 1. The lowest BCUT2D eigenvalue weighted by Crippen LogP contribution is -2.31. The Morgan fingerprint density at radius 3 is 2.36 bits per heavy atom. The molecule has 1 atom stereocenters. The molecule has 0 bridgehead atoms. The molecule has 0 aliphatic carbocycles. The zero-order valence-electron chi connectivity index (χ0n) is 12.8. The van der Waals surface area contributed by atoms with E-state index in [1.165, 1.54) is 35.5 Å². The number of ether oxygens (including phenoxy) is 1. The smallest absolute Gasteiger partial charge is 0.338 e. The molecule has 1 amide bonds. The highest BCUT2D eigenvalue weighted by atomic mass is 32.2. The average Bonchev–Trinajstić information content (AvgIpc) is 2.48. The molecule has 1 aromatic carbocycles. The van der Waals surface area contributed by atoms with E-state index in [2.05, 4.69) is 0 Å². The number of hydrogen-bond acceptors (Lipinski definition) is 5. The van der Waals surface area contributed by atoms with Crippen molar-refractivity contribution in [2.24, 2.45) is 5.73 Å². The minimum atomic E-state index is -3.67. The summed E-state index contributed by atoms with van der Waals surface area (Å²) >= 11 is 0. The number of nitrogens with zero attached hydrogens (tertiary/aromatic N) is 1. The van der Waals surface area contributed by atoms with Gasteiger partial charge in [0, 0.05) is 13.1 Å². The fourth-order valence-electron chi connectivity index (χ4n) is 1.78. The molecule has 22 heavy (non-hydrogen) atoms. The summed E-state index contributed by atoms with van der Waals surface area (Å²) in [7, 11) is -3.67. The number of esters is 1. The van der Waals surface area contributed by atoms with Crippen molar-refractivity contribution in [1.82, 2.24) is 4.31 Å². The van der Waals surface area contributed by atoms with Crippen molar-refractivity contribution < 1.29 is 22.7 Å². The molecule has 2 N–H and O–H groups in total. The minimum Gasteiger partial charge on any atom is -0.449 e. The first kappa shape index (κ1) is 18.1. The number of sulfonamides is 1. The van der Waals surface area contributed by atoms with Crippen LogP contribution in [0.4, 0.5) is 0 Å². The molecule has 1 aromatic rings. The topological polar surface area (TPSA) is 107 Å². The highest BCUT2D eigenvalue weighted by Gasteiger charge is 2.23. The Bertz CT molecular complexity index is 653. The number of benzene rings is 1. The van der Waals surface area contributed by atoms with E-state index in [-0.39, 0.29) is 10.5 Å². The molecule has 122 valence electrons. The van der Waals surface area contributed by atoms with E-state index in [1.54, 1.807) is 13.8 Å². The number of rotatable bonds is 7. The van der Waals surface area contributed by atoms with Gasteiger partial charge in [-0.15, -0.1) is 0 Å². The highest BCUT2D eigenvalue weighted by Crippen LogP contribution is 2.17. The van der Waals surface area contributed by atoms with Crippen molar-refractivity contribution in [2.75, 3.05) is 13.1 Å². The molecule has 0 saturated carbocycles. The van der Waals surface area contributed by atoms with Gasteiger partial charge in [-0.05, 0) is 25.1 Å². The second-order valence-electron chi connectivity index (χ2n) is 4.57. The lowest BCUT2D eigenvalue weighted by molar-refractivity contribution is -0.125. The van der Waals surface area contributed by atoms with Crippen molar-refractivity contribution in [3.63, 3.8) is 0 Å². The molecule has 0 radical (unpaired) electrons. The number of hydrogen-bond donors (Lipinski definition) is 1. The van der Waals surface area contributed by atoms with Gasteiger partial charge in [-0.3, -0.25) is 4.79 Å². The number of amides is 1. The van der Waals surface area contributed by atoms with Gasteiger partial charge < -0.3 is 10.5 Å². The summed E-state index contributed by atoms with van der Waals surface area (Å²) in [6, 6.07) is 5.49. The third-order valence-corrected chi connectivity index (χ3v) is 5.14. The quantitative estimate of drug-likeness (QED) is 0.743. The van der Waals surface area contributed by atoms with Crippen LogP contribution in [0.15, 0.2) is 29.2 Å². The summed E-state index contributed by atoms with van der Waals surface area (Å²) in [6.07, 6.45) is -1.09. The van der Waals surface area contributed by atoms with E-state index < -0.39 is 28.0 Å². The maximum absolute atomic E-state index is 12.4. The molecule has 0 aliphatic heterocycles. The third kappa shape index (κ3) is 4.05. The average molecular weight is 328 g/mol. The van der Waals surface area contributed by atoms with Crippen LogP contribution in [0.1, 0.15) is 31.1 Å². The van der Waals surface area contributed by atoms with Crippen LogP contribution < -0.4 is 5.73 Å². The second kappa shape index (κ2) is 7.37. The van der Waals surface area contributed by atoms with Crippen LogP contribution >= 0.6 is 0 Å². The van der Waals surface area contributed by atoms with E-state index in [0.29, 0.717) is 13.1 Å². The Labute approximate surface area is 130 Å². The van der Waals surface area contributed by atoms with E-state index in [9.17, 15) is 18.0 Å². The van der Waals surface area contributed by atoms with Gasteiger partial charge in [-0.1, -0.05) is 19.9 Å². The first-order chi connectivity index (χ1) is 10.2. The summed E-state index contributed by atoms with van der Waals surface area (Å²) in [5.74, 6) is -1.58. The largest absolute Gasteiger partial charge is 0.449 e. The van der Waals surface area contributed by atoms with Crippen LogP contribution in [-0.2, 0) is 19.6 Å². The van der Waals surface area contributed by atoms with Gasteiger partial charge >= 0.3 is 5.97 Å². The van der Waals surface area contributed by atoms with Gasteiger partial charge in [-0.25, -0.2) is 13.2 Å². The number of nitrogens with two attached hydrogens (primary N) is 1. The summed E-state index contributed by atoms with van der Waals surface area (Å²) < 4.78 is 30.9. The Morgan fingerprint density at radius 1 is 1.27 bits per heavy atom.